The Labute approximate surface area is 89.3 Å². The minimum atomic E-state index is 0.577. The van der Waals surface area contributed by atoms with Gasteiger partial charge in [0.25, 0.3) is 0 Å². The number of anilines is 1. The third-order valence-corrected chi connectivity index (χ3v) is 2.78. The molecule has 0 saturated carbocycles. The van der Waals surface area contributed by atoms with E-state index in [1.165, 1.54) is 16.7 Å². The summed E-state index contributed by atoms with van der Waals surface area (Å²) in [5.41, 5.74) is 11.5. The molecule has 1 heterocycles. The summed E-state index contributed by atoms with van der Waals surface area (Å²) in [5.74, 6) is 0.577. The standard InChI is InChI=1S/C12H15N3/c1-7-5-4-6-8(2)10(7)11-9(3)12(13)15-14-11/h4-6H,1-3H3,(H3,13,14,15). The van der Waals surface area contributed by atoms with E-state index in [1.54, 1.807) is 0 Å². The van der Waals surface area contributed by atoms with Crippen molar-refractivity contribution in [3.63, 3.8) is 0 Å². The van der Waals surface area contributed by atoms with Gasteiger partial charge in [-0.2, -0.15) is 5.10 Å². The first-order valence-electron chi connectivity index (χ1n) is 4.98. The van der Waals surface area contributed by atoms with Gasteiger partial charge in [0.1, 0.15) is 5.82 Å². The maximum atomic E-state index is 5.74. The molecule has 3 nitrogen and oxygen atoms in total. The number of nitrogens with zero attached hydrogens (tertiary/aromatic N) is 1. The molecule has 0 aliphatic heterocycles. The number of hydrogen-bond acceptors (Lipinski definition) is 2. The van der Waals surface area contributed by atoms with E-state index in [4.69, 9.17) is 5.73 Å². The predicted molar refractivity (Wildman–Crippen MR) is 62.6 cm³/mol. The number of H-pyrrole nitrogens is 1. The highest BCUT2D eigenvalue weighted by Gasteiger charge is 2.12. The van der Waals surface area contributed by atoms with Crippen molar-refractivity contribution in [1.29, 1.82) is 0 Å². The first kappa shape index (κ1) is 9.77. The zero-order valence-electron chi connectivity index (χ0n) is 9.26. The fourth-order valence-corrected chi connectivity index (χ4v) is 1.86. The van der Waals surface area contributed by atoms with E-state index in [0.29, 0.717) is 5.82 Å². The maximum Gasteiger partial charge on any atom is 0.148 e. The highest BCUT2D eigenvalue weighted by Crippen LogP contribution is 2.29. The van der Waals surface area contributed by atoms with Crippen LogP contribution in [0.25, 0.3) is 11.3 Å². The lowest BCUT2D eigenvalue weighted by molar-refractivity contribution is 1.10. The zero-order chi connectivity index (χ0) is 11.0. The summed E-state index contributed by atoms with van der Waals surface area (Å²) in [6.07, 6.45) is 0. The lowest BCUT2D eigenvalue weighted by atomic mass is 9.98. The summed E-state index contributed by atoms with van der Waals surface area (Å²) in [6.45, 7) is 6.18. The van der Waals surface area contributed by atoms with Gasteiger partial charge in [-0.1, -0.05) is 18.2 Å². The largest absolute Gasteiger partial charge is 0.382 e. The Morgan fingerprint density at radius 2 is 1.73 bits per heavy atom. The Hall–Kier alpha value is -1.77. The van der Waals surface area contributed by atoms with Crippen LogP contribution < -0.4 is 5.73 Å². The molecule has 0 unspecified atom stereocenters. The molecular weight excluding hydrogens is 186 g/mol. The second kappa shape index (κ2) is 3.42. The van der Waals surface area contributed by atoms with Crippen molar-refractivity contribution in [3.8, 4) is 11.3 Å². The van der Waals surface area contributed by atoms with Crippen molar-refractivity contribution in [3.05, 3.63) is 34.9 Å². The normalized spacial score (nSPS) is 10.6. The van der Waals surface area contributed by atoms with Crippen LogP contribution in [0, 0.1) is 20.8 Å². The highest BCUT2D eigenvalue weighted by molar-refractivity contribution is 5.73. The Balaban J connectivity index is 2.69. The lowest BCUT2D eigenvalue weighted by Gasteiger charge is -2.08. The molecule has 0 saturated heterocycles. The molecule has 0 atom stereocenters. The van der Waals surface area contributed by atoms with Crippen molar-refractivity contribution >= 4 is 5.82 Å². The molecule has 3 N–H and O–H groups in total. The quantitative estimate of drug-likeness (QED) is 0.745. The van der Waals surface area contributed by atoms with E-state index in [0.717, 1.165) is 11.3 Å². The van der Waals surface area contributed by atoms with Gasteiger partial charge in [-0.15, -0.1) is 0 Å². The van der Waals surface area contributed by atoms with E-state index in [1.807, 2.05) is 6.92 Å². The molecule has 1 aromatic carbocycles. The molecule has 0 amide bonds. The second-order valence-electron chi connectivity index (χ2n) is 3.88. The Morgan fingerprint density at radius 3 is 2.20 bits per heavy atom. The van der Waals surface area contributed by atoms with Crippen LogP contribution in [0.15, 0.2) is 18.2 Å². The number of aromatic amines is 1. The molecule has 0 spiro atoms. The van der Waals surface area contributed by atoms with Crippen LogP contribution in [0.4, 0.5) is 5.82 Å². The van der Waals surface area contributed by atoms with Crippen LogP contribution in [-0.4, -0.2) is 10.2 Å². The van der Waals surface area contributed by atoms with Crippen molar-refractivity contribution < 1.29 is 0 Å². The summed E-state index contributed by atoms with van der Waals surface area (Å²) in [7, 11) is 0. The number of aryl methyl sites for hydroxylation is 2. The maximum absolute atomic E-state index is 5.74. The first-order valence-corrected chi connectivity index (χ1v) is 4.98. The van der Waals surface area contributed by atoms with Crippen LogP contribution in [0.2, 0.25) is 0 Å². The number of benzene rings is 1. The summed E-state index contributed by atoms with van der Waals surface area (Å²) in [4.78, 5) is 0. The monoisotopic (exact) mass is 201 g/mol. The number of rotatable bonds is 1. The first-order chi connectivity index (χ1) is 7.11. The molecule has 0 radical (unpaired) electrons. The Morgan fingerprint density at radius 1 is 1.13 bits per heavy atom. The third kappa shape index (κ3) is 1.50. The van der Waals surface area contributed by atoms with E-state index < -0.39 is 0 Å². The van der Waals surface area contributed by atoms with Crippen molar-refractivity contribution in [2.45, 2.75) is 20.8 Å². The SMILES string of the molecule is Cc1cccc(C)c1-c1[nH]nc(N)c1C. The van der Waals surface area contributed by atoms with Crippen LogP contribution >= 0.6 is 0 Å². The van der Waals surface area contributed by atoms with Gasteiger partial charge in [-0.3, -0.25) is 5.10 Å². The van der Waals surface area contributed by atoms with Crippen molar-refractivity contribution in [2.24, 2.45) is 0 Å². The van der Waals surface area contributed by atoms with Gasteiger partial charge in [0.15, 0.2) is 0 Å². The van der Waals surface area contributed by atoms with Gasteiger partial charge in [0.2, 0.25) is 0 Å². The average molecular weight is 201 g/mol. The topological polar surface area (TPSA) is 54.7 Å². The predicted octanol–water partition coefficient (Wildman–Crippen LogP) is 2.58. The number of nitrogens with one attached hydrogen (secondary N) is 1. The molecule has 3 heteroatoms. The molecule has 2 aromatic rings. The van der Waals surface area contributed by atoms with Crippen LogP contribution in [0.5, 0.6) is 0 Å². The molecule has 0 aliphatic rings. The summed E-state index contributed by atoms with van der Waals surface area (Å²) < 4.78 is 0. The van der Waals surface area contributed by atoms with Crippen LogP contribution in [0.1, 0.15) is 16.7 Å². The van der Waals surface area contributed by atoms with Gasteiger partial charge in [0, 0.05) is 11.1 Å². The molecule has 0 fully saturated rings. The van der Waals surface area contributed by atoms with Crippen molar-refractivity contribution in [2.75, 3.05) is 5.73 Å². The molecular formula is C12H15N3. The van der Waals surface area contributed by atoms with Gasteiger partial charge < -0.3 is 5.73 Å². The minimum absolute atomic E-state index is 0.577. The number of hydrogen-bond donors (Lipinski definition) is 2. The van der Waals surface area contributed by atoms with Crippen LogP contribution in [-0.2, 0) is 0 Å². The molecule has 0 aliphatic carbocycles. The van der Waals surface area contributed by atoms with Gasteiger partial charge in [-0.25, -0.2) is 0 Å². The Kier molecular flexibility index (Phi) is 2.23. The van der Waals surface area contributed by atoms with Crippen LogP contribution in [0.3, 0.4) is 0 Å². The lowest BCUT2D eigenvalue weighted by Crippen LogP contribution is -1.90. The summed E-state index contributed by atoms with van der Waals surface area (Å²) in [5, 5.41) is 7.02. The van der Waals surface area contributed by atoms with Crippen molar-refractivity contribution in [1.82, 2.24) is 10.2 Å². The summed E-state index contributed by atoms with van der Waals surface area (Å²) >= 11 is 0. The molecule has 0 bridgehead atoms. The zero-order valence-corrected chi connectivity index (χ0v) is 9.26. The van der Waals surface area contributed by atoms with E-state index >= 15 is 0 Å². The number of aromatic nitrogens is 2. The number of nitrogens with two attached hydrogens (primary N) is 1. The van der Waals surface area contributed by atoms with E-state index in [-0.39, 0.29) is 0 Å². The Bertz CT molecular complexity index is 477. The highest BCUT2D eigenvalue weighted by atomic mass is 15.2. The third-order valence-electron chi connectivity index (χ3n) is 2.78. The smallest absolute Gasteiger partial charge is 0.148 e. The van der Waals surface area contributed by atoms with E-state index in [2.05, 4.69) is 42.2 Å². The summed E-state index contributed by atoms with van der Waals surface area (Å²) in [6, 6.07) is 6.25. The molecule has 1 aromatic heterocycles. The van der Waals surface area contributed by atoms with Gasteiger partial charge >= 0.3 is 0 Å². The fraction of sp³-hybridized carbons (Fsp3) is 0.250. The molecule has 15 heavy (non-hydrogen) atoms. The fourth-order valence-electron chi connectivity index (χ4n) is 1.86. The minimum Gasteiger partial charge on any atom is -0.382 e. The second-order valence-corrected chi connectivity index (χ2v) is 3.88. The van der Waals surface area contributed by atoms with E-state index in [9.17, 15) is 0 Å². The molecule has 78 valence electrons. The average Bonchev–Trinajstić information content (AvgIpc) is 2.49. The number of nitrogen functional groups attached to an aromatic ring is 1. The van der Waals surface area contributed by atoms with Gasteiger partial charge in [-0.05, 0) is 31.9 Å². The van der Waals surface area contributed by atoms with Gasteiger partial charge in [0.05, 0.1) is 5.69 Å². The molecule has 2 rings (SSSR count).